The molecule has 0 fully saturated rings. The van der Waals surface area contributed by atoms with Crippen molar-refractivity contribution >= 4 is 50.5 Å². The summed E-state index contributed by atoms with van der Waals surface area (Å²) in [5.74, 6) is 0. The molecule has 2 aromatic rings. The summed E-state index contributed by atoms with van der Waals surface area (Å²) in [6, 6.07) is 12.8. The summed E-state index contributed by atoms with van der Waals surface area (Å²) in [5.41, 5.74) is 2.03. The van der Waals surface area contributed by atoms with Gasteiger partial charge in [-0.25, -0.2) is 0 Å². The van der Waals surface area contributed by atoms with Crippen molar-refractivity contribution in [3.63, 3.8) is 0 Å². The maximum absolute atomic E-state index is 8.91. The van der Waals surface area contributed by atoms with Crippen molar-refractivity contribution in [3.05, 3.63) is 56.5 Å². The molecular formula is C13H7BrCl2N2. The number of anilines is 2. The predicted molar refractivity (Wildman–Crippen MR) is 78.6 cm³/mol. The Bertz CT molecular complexity index is 635. The van der Waals surface area contributed by atoms with Crippen LogP contribution in [0.15, 0.2) is 40.9 Å². The van der Waals surface area contributed by atoms with E-state index in [1.807, 2.05) is 12.1 Å². The Morgan fingerprint density at radius 2 is 1.94 bits per heavy atom. The van der Waals surface area contributed by atoms with Gasteiger partial charge < -0.3 is 5.32 Å². The molecule has 0 aromatic heterocycles. The summed E-state index contributed by atoms with van der Waals surface area (Å²) in [7, 11) is 0. The molecule has 0 bridgehead atoms. The summed E-state index contributed by atoms with van der Waals surface area (Å²) in [6.07, 6.45) is 0. The molecule has 0 atom stereocenters. The smallest absolute Gasteiger partial charge is 0.0992 e. The molecule has 0 unspecified atom stereocenters. The minimum absolute atomic E-state index is 0.456. The molecule has 90 valence electrons. The average molecular weight is 342 g/mol. The summed E-state index contributed by atoms with van der Waals surface area (Å²) in [6.45, 7) is 0. The zero-order chi connectivity index (χ0) is 13.1. The van der Waals surface area contributed by atoms with Crippen molar-refractivity contribution in [1.29, 1.82) is 5.26 Å². The van der Waals surface area contributed by atoms with Crippen LogP contribution >= 0.6 is 39.1 Å². The van der Waals surface area contributed by atoms with E-state index in [0.29, 0.717) is 21.3 Å². The minimum atomic E-state index is 0.456. The molecular weight excluding hydrogens is 335 g/mol. The Kier molecular flexibility index (Phi) is 4.13. The Hall–Kier alpha value is -1.21. The first-order valence-corrected chi connectivity index (χ1v) is 6.57. The summed E-state index contributed by atoms with van der Waals surface area (Å²) in [4.78, 5) is 0. The van der Waals surface area contributed by atoms with E-state index in [4.69, 9.17) is 28.5 Å². The van der Waals surface area contributed by atoms with E-state index < -0.39 is 0 Å². The Labute approximate surface area is 123 Å². The second-order valence-corrected chi connectivity index (χ2v) is 5.27. The quantitative estimate of drug-likeness (QED) is 0.796. The molecule has 18 heavy (non-hydrogen) atoms. The van der Waals surface area contributed by atoms with Gasteiger partial charge in [0.25, 0.3) is 0 Å². The maximum Gasteiger partial charge on any atom is 0.0992 e. The molecule has 0 heterocycles. The number of nitriles is 1. The summed E-state index contributed by atoms with van der Waals surface area (Å²) >= 11 is 15.4. The molecule has 5 heteroatoms. The van der Waals surface area contributed by atoms with Gasteiger partial charge in [-0.1, -0.05) is 45.2 Å². The van der Waals surface area contributed by atoms with E-state index in [-0.39, 0.29) is 0 Å². The van der Waals surface area contributed by atoms with Gasteiger partial charge >= 0.3 is 0 Å². The zero-order valence-corrected chi connectivity index (χ0v) is 12.1. The molecule has 2 nitrogen and oxygen atoms in total. The normalized spacial score (nSPS) is 9.89. The lowest BCUT2D eigenvalue weighted by atomic mass is 10.2. The highest BCUT2D eigenvalue weighted by Gasteiger charge is 2.05. The largest absolute Gasteiger partial charge is 0.354 e. The third-order valence-corrected chi connectivity index (χ3v) is 3.53. The molecule has 0 radical (unpaired) electrons. The highest BCUT2D eigenvalue weighted by molar-refractivity contribution is 9.10. The third-order valence-electron chi connectivity index (χ3n) is 2.26. The Morgan fingerprint density at radius 3 is 2.67 bits per heavy atom. The first-order chi connectivity index (χ1) is 8.60. The van der Waals surface area contributed by atoms with Crippen molar-refractivity contribution < 1.29 is 0 Å². The van der Waals surface area contributed by atoms with Crippen LogP contribution in [-0.4, -0.2) is 0 Å². The van der Waals surface area contributed by atoms with Gasteiger partial charge in [-0.2, -0.15) is 5.26 Å². The van der Waals surface area contributed by atoms with Crippen LogP contribution in [0.4, 0.5) is 11.4 Å². The summed E-state index contributed by atoms with van der Waals surface area (Å²) < 4.78 is 0.821. The van der Waals surface area contributed by atoms with Crippen LogP contribution < -0.4 is 5.32 Å². The van der Waals surface area contributed by atoms with Crippen molar-refractivity contribution in [2.24, 2.45) is 0 Å². The molecule has 0 saturated heterocycles. The number of nitrogens with zero attached hydrogens (tertiary/aromatic N) is 1. The van der Waals surface area contributed by atoms with Gasteiger partial charge in [0.05, 0.1) is 27.4 Å². The lowest BCUT2D eigenvalue weighted by Gasteiger charge is -2.10. The number of benzene rings is 2. The van der Waals surface area contributed by atoms with Gasteiger partial charge in [0.2, 0.25) is 0 Å². The minimum Gasteiger partial charge on any atom is -0.354 e. The molecule has 0 amide bonds. The van der Waals surface area contributed by atoms with Crippen LogP contribution in [0.3, 0.4) is 0 Å². The topological polar surface area (TPSA) is 35.8 Å². The van der Waals surface area contributed by atoms with Crippen LogP contribution in [0.25, 0.3) is 0 Å². The summed E-state index contributed by atoms with van der Waals surface area (Å²) in [5, 5.41) is 13.0. The SMILES string of the molecule is N#Cc1cc(Br)cc(Nc2cccc(Cl)c2Cl)c1. The zero-order valence-electron chi connectivity index (χ0n) is 9.05. The lowest BCUT2D eigenvalue weighted by molar-refractivity contribution is 1.46. The van der Waals surface area contributed by atoms with Gasteiger partial charge in [-0.3, -0.25) is 0 Å². The molecule has 0 aliphatic carbocycles. The fourth-order valence-electron chi connectivity index (χ4n) is 1.48. The Morgan fingerprint density at radius 1 is 1.17 bits per heavy atom. The van der Waals surface area contributed by atoms with E-state index in [1.54, 1.807) is 24.3 Å². The number of halogens is 3. The van der Waals surface area contributed by atoms with Crippen LogP contribution in [0, 0.1) is 11.3 Å². The van der Waals surface area contributed by atoms with Crippen molar-refractivity contribution in [1.82, 2.24) is 0 Å². The van der Waals surface area contributed by atoms with Crippen LogP contribution in [-0.2, 0) is 0 Å². The van der Waals surface area contributed by atoms with Crippen molar-refractivity contribution in [3.8, 4) is 6.07 Å². The van der Waals surface area contributed by atoms with E-state index in [2.05, 4.69) is 27.3 Å². The van der Waals surface area contributed by atoms with Gasteiger partial charge in [-0.15, -0.1) is 0 Å². The first kappa shape index (κ1) is 13.2. The monoisotopic (exact) mass is 340 g/mol. The first-order valence-electron chi connectivity index (χ1n) is 5.02. The molecule has 2 aromatic carbocycles. The second kappa shape index (κ2) is 5.62. The number of nitrogens with one attached hydrogen (secondary N) is 1. The fourth-order valence-corrected chi connectivity index (χ4v) is 2.32. The van der Waals surface area contributed by atoms with E-state index in [1.165, 1.54) is 0 Å². The van der Waals surface area contributed by atoms with Gasteiger partial charge in [0.1, 0.15) is 0 Å². The van der Waals surface area contributed by atoms with E-state index in [9.17, 15) is 0 Å². The third kappa shape index (κ3) is 2.97. The van der Waals surface area contributed by atoms with Gasteiger partial charge in [-0.05, 0) is 30.3 Å². The maximum atomic E-state index is 8.91. The molecule has 2 rings (SSSR count). The van der Waals surface area contributed by atoms with Crippen molar-refractivity contribution in [2.75, 3.05) is 5.32 Å². The fraction of sp³-hybridized carbons (Fsp3) is 0. The highest BCUT2D eigenvalue weighted by Crippen LogP contribution is 2.32. The van der Waals surface area contributed by atoms with Gasteiger partial charge in [0.15, 0.2) is 0 Å². The Balaban J connectivity index is 2.37. The van der Waals surface area contributed by atoms with E-state index >= 15 is 0 Å². The van der Waals surface area contributed by atoms with Crippen molar-refractivity contribution in [2.45, 2.75) is 0 Å². The molecule has 0 aliphatic rings. The van der Waals surface area contributed by atoms with Crippen LogP contribution in [0.2, 0.25) is 10.0 Å². The van der Waals surface area contributed by atoms with Crippen LogP contribution in [0.5, 0.6) is 0 Å². The second-order valence-electron chi connectivity index (χ2n) is 3.57. The van der Waals surface area contributed by atoms with E-state index in [0.717, 1.165) is 10.2 Å². The van der Waals surface area contributed by atoms with Gasteiger partial charge in [0, 0.05) is 10.2 Å². The van der Waals surface area contributed by atoms with Crippen LogP contribution in [0.1, 0.15) is 5.56 Å². The lowest BCUT2D eigenvalue weighted by Crippen LogP contribution is -1.92. The average Bonchev–Trinajstić information content (AvgIpc) is 2.34. The highest BCUT2D eigenvalue weighted by atomic mass is 79.9. The molecule has 0 spiro atoms. The standard InChI is InChI=1S/C13H7BrCl2N2/c14-9-4-8(7-17)5-10(6-9)18-12-3-1-2-11(15)13(12)16/h1-6,18H. The number of rotatable bonds is 2. The molecule has 0 aliphatic heterocycles. The molecule has 0 saturated carbocycles. The number of hydrogen-bond donors (Lipinski definition) is 1. The predicted octanol–water partition coefficient (Wildman–Crippen LogP) is 5.37. The number of hydrogen-bond acceptors (Lipinski definition) is 2. The molecule has 1 N–H and O–H groups in total.